The molecule has 24 heavy (non-hydrogen) atoms. The van der Waals surface area contributed by atoms with Crippen LogP contribution in [0, 0.1) is 5.82 Å². The second-order valence-electron chi connectivity index (χ2n) is 5.65. The van der Waals surface area contributed by atoms with E-state index in [1.54, 1.807) is 23.1 Å². The van der Waals surface area contributed by atoms with Crippen molar-refractivity contribution in [2.45, 2.75) is 12.8 Å². The third-order valence-corrected chi connectivity index (χ3v) is 4.12. The second-order valence-corrected chi connectivity index (χ2v) is 5.65. The zero-order chi connectivity index (χ0) is 16.7. The Morgan fingerprint density at radius 3 is 2.71 bits per heavy atom. The summed E-state index contributed by atoms with van der Waals surface area (Å²) in [4.78, 5) is 37.2. The lowest BCUT2D eigenvalue weighted by atomic mass is 10.2. The second kappa shape index (κ2) is 5.55. The number of aromatic nitrogens is 4. The smallest absolute Gasteiger partial charge is 0.324 e. The Hall–Kier alpha value is -3.03. The van der Waals surface area contributed by atoms with E-state index in [9.17, 15) is 14.0 Å². The molecule has 0 radical (unpaired) electrons. The number of hydrogen-bond donors (Lipinski definition) is 1. The molecule has 1 aromatic carbocycles. The molecule has 8 heteroatoms. The van der Waals surface area contributed by atoms with E-state index >= 15 is 0 Å². The minimum atomic E-state index is -0.568. The first kappa shape index (κ1) is 14.6. The third kappa shape index (κ3) is 2.27. The van der Waals surface area contributed by atoms with Gasteiger partial charge in [0.05, 0.1) is 11.8 Å². The van der Waals surface area contributed by atoms with Gasteiger partial charge in [0.1, 0.15) is 11.3 Å². The van der Waals surface area contributed by atoms with Crippen LogP contribution in [0.3, 0.4) is 0 Å². The van der Waals surface area contributed by atoms with Crippen molar-refractivity contribution < 1.29 is 9.18 Å². The summed E-state index contributed by atoms with van der Waals surface area (Å²) in [5.41, 5.74) is 0.165. The van der Waals surface area contributed by atoms with Crippen LogP contribution in [0.1, 0.15) is 12.8 Å². The molecule has 0 spiro atoms. The first-order valence-electron chi connectivity index (χ1n) is 7.67. The van der Waals surface area contributed by atoms with Gasteiger partial charge in [-0.2, -0.15) is 0 Å². The monoisotopic (exact) mass is 327 g/mol. The molecule has 3 aromatic rings. The molecule has 0 bridgehead atoms. The predicted molar refractivity (Wildman–Crippen MR) is 85.1 cm³/mol. The van der Waals surface area contributed by atoms with Crippen molar-refractivity contribution in [3.8, 4) is 11.4 Å². The van der Waals surface area contributed by atoms with Gasteiger partial charge < -0.3 is 4.90 Å². The van der Waals surface area contributed by atoms with Crippen LogP contribution in [0.4, 0.5) is 9.18 Å². The Morgan fingerprint density at radius 1 is 1.21 bits per heavy atom. The normalized spacial score (nSPS) is 14.5. The molecule has 122 valence electrons. The van der Waals surface area contributed by atoms with Crippen LogP contribution in [0.25, 0.3) is 22.6 Å². The summed E-state index contributed by atoms with van der Waals surface area (Å²) in [5, 5.41) is 0. The highest BCUT2D eigenvalue weighted by Gasteiger charge is 2.24. The molecule has 3 heterocycles. The number of carbonyl (C=O) groups is 1. The molecule has 1 N–H and O–H groups in total. The van der Waals surface area contributed by atoms with Crippen LogP contribution in [0.5, 0.6) is 0 Å². The molecule has 7 nitrogen and oxygen atoms in total. The number of halogens is 1. The summed E-state index contributed by atoms with van der Waals surface area (Å²) in [6.07, 6.45) is 3.23. The van der Waals surface area contributed by atoms with Crippen LogP contribution in [0.2, 0.25) is 0 Å². The highest BCUT2D eigenvalue weighted by atomic mass is 19.1. The van der Waals surface area contributed by atoms with E-state index in [1.807, 2.05) is 0 Å². The number of nitrogens with one attached hydrogen (secondary N) is 1. The number of amides is 1. The SMILES string of the molecule is O=C(N1CCCC1)n1c(=O)[nH]c2nc(-c3ccccc3F)ncc21. The van der Waals surface area contributed by atoms with Gasteiger partial charge in [-0.1, -0.05) is 12.1 Å². The molecule has 1 aliphatic heterocycles. The van der Waals surface area contributed by atoms with Gasteiger partial charge in [-0.15, -0.1) is 0 Å². The number of benzene rings is 1. The van der Waals surface area contributed by atoms with Crippen molar-refractivity contribution in [1.82, 2.24) is 24.4 Å². The van der Waals surface area contributed by atoms with Crippen LogP contribution < -0.4 is 5.69 Å². The third-order valence-electron chi connectivity index (χ3n) is 4.12. The number of likely N-dealkylation sites (tertiary alicyclic amines) is 1. The minimum absolute atomic E-state index is 0.155. The summed E-state index contributed by atoms with van der Waals surface area (Å²) in [6, 6.07) is 5.74. The van der Waals surface area contributed by atoms with Crippen molar-refractivity contribution in [2.24, 2.45) is 0 Å². The van der Waals surface area contributed by atoms with Crippen LogP contribution in [-0.2, 0) is 0 Å². The van der Waals surface area contributed by atoms with Crippen molar-refractivity contribution in [3.05, 3.63) is 46.8 Å². The average molecular weight is 327 g/mol. The molecule has 1 fully saturated rings. The maximum atomic E-state index is 13.9. The summed E-state index contributed by atoms with van der Waals surface area (Å²) in [6.45, 7) is 1.26. The lowest BCUT2D eigenvalue weighted by Gasteiger charge is -2.14. The van der Waals surface area contributed by atoms with Crippen LogP contribution >= 0.6 is 0 Å². The highest BCUT2D eigenvalue weighted by molar-refractivity contribution is 5.87. The van der Waals surface area contributed by atoms with E-state index in [2.05, 4.69) is 15.0 Å². The van der Waals surface area contributed by atoms with Crippen LogP contribution in [-0.4, -0.2) is 43.5 Å². The number of aromatic amines is 1. The standard InChI is InChI=1S/C16H14FN5O2/c17-11-6-2-1-5-10(11)13-18-9-12-14(19-13)20-15(23)22(12)16(24)21-7-3-4-8-21/h1-2,5-6,9H,3-4,7-8H2,(H,18,19,20,23). The summed E-state index contributed by atoms with van der Waals surface area (Å²) < 4.78 is 14.9. The van der Waals surface area contributed by atoms with Gasteiger partial charge in [0.15, 0.2) is 11.5 Å². The molecule has 1 saturated heterocycles. The van der Waals surface area contributed by atoms with E-state index in [4.69, 9.17) is 0 Å². The molecule has 0 atom stereocenters. The van der Waals surface area contributed by atoms with Crippen molar-refractivity contribution in [2.75, 3.05) is 13.1 Å². The number of rotatable bonds is 1. The van der Waals surface area contributed by atoms with E-state index in [0.717, 1.165) is 17.4 Å². The number of carbonyl (C=O) groups excluding carboxylic acids is 1. The summed E-state index contributed by atoms with van der Waals surface area (Å²) >= 11 is 0. The van der Waals surface area contributed by atoms with Crippen molar-refractivity contribution in [1.29, 1.82) is 0 Å². The maximum Gasteiger partial charge on any atom is 0.336 e. The number of imidazole rings is 1. The van der Waals surface area contributed by atoms with Gasteiger partial charge in [-0.05, 0) is 25.0 Å². The number of hydrogen-bond acceptors (Lipinski definition) is 4. The Labute approximate surface area is 135 Å². The fourth-order valence-electron chi connectivity index (χ4n) is 2.91. The van der Waals surface area contributed by atoms with Gasteiger partial charge in [0, 0.05) is 13.1 Å². The topological polar surface area (TPSA) is 83.9 Å². The molecule has 0 saturated carbocycles. The molecule has 1 aliphatic rings. The fourth-order valence-corrected chi connectivity index (χ4v) is 2.91. The first-order valence-corrected chi connectivity index (χ1v) is 7.67. The lowest BCUT2D eigenvalue weighted by molar-refractivity contribution is 0.210. The molecule has 0 unspecified atom stereocenters. The Kier molecular flexibility index (Phi) is 3.37. The molecule has 2 aromatic heterocycles. The van der Waals surface area contributed by atoms with Crippen LogP contribution in [0.15, 0.2) is 35.3 Å². The molecule has 0 aliphatic carbocycles. The summed E-state index contributed by atoms with van der Waals surface area (Å²) in [5.74, 6) is -0.297. The van der Waals surface area contributed by atoms with E-state index < -0.39 is 11.5 Å². The van der Waals surface area contributed by atoms with Gasteiger partial charge >= 0.3 is 11.7 Å². The fraction of sp³-hybridized carbons (Fsp3) is 0.250. The average Bonchev–Trinajstić information content (AvgIpc) is 3.21. The van der Waals surface area contributed by atoms with Gasteiger partial charge in [-0.25, -0.2) is 28.5 Å². The zero-order valence-corrected chi connectivity index (χ0v) is 12.7. The first-order chi connectivity index (χ1) is 11.6. The quantitative estimate of drug-likeness (QED) is 0.741. The van der Waals surface area contributed by atoms with Crippen molar-refractivity contribution in [3.63, 3.8) is 0 Å². The summed E-state index contributed by atoms with van der Waals surface area (Å²) in [7, 11) is 0. The zero-order valence-electron chi connectivity index (χ0n) is 12.7. The maximum absolute atomic E-state index is 13.9. The minimum Gasteiger partial charge on any atom is -0.324 e. The molecule has 1 amide bonds. The largest absolute Gasteiger partial charge is 0.336 e. The Morgan fingerprint density at radius 2 is 1.96 bits per heavy atom. The lowest BCUT2D eigenvalue weighted by Crippen LogP contribution is -2.37. The van der Waals surface area contributed by atoms with Gasteiger partial charge in [0.25, 0.3) is 0 Å². The molecular weight excluding hydrogens is 313 g/mol. The highest BCUT2D eigenvalue weighted by Crippen LogP contribution is 2.20. The van der Waals surface area contributed by atoms with E-state index in [0.29, 0.717) is 13.1 Å². The number of nitrogens with zero attached hydrogens (tertiary/aromatic N) is 4. The molecular formula is C16H14FN5O2. The van der Waals surface area contributed by atoms with Gasteiger partial charge in [-0.3, -0.25) is 4.98 Å². The van der Waals surface area contributed by atoms with E-state index in [-0.39, 0.29) is 28.6 Å². The number of H-pyrrole nitrogens is 1. The Balaban J connectivity index is 1.81. The van der Waals surface area contributed by atoms with Crippen molar-refractivity contribution >= 4 is 17.2 Å². The molecule has 4 rings (SSSR count). The van der Waals surface area contributed by atoms with Gasteiger partial charge in [0.2, 0.25) is 0 Å². The number of fused-ring (bicyclic) bond motifs is 1. The Bertz CT molecular complexity index is 988. The van der Waals surface area contributed by atoms with E-state index in [1.165, 1.54) is 12.3 Å². The predicted octanol–water partition coefficient (Wildman–Crippen LogP) is 1.99.